The number of nitrogens with two attached hydrogens (primary N) is 3. The fourth-order valence-corrected chi connectivity index (χ4v) is 8.35. The minimum Gasteiger partial charge on any atom is -0.481 e. The summed E-state index contributed by atoms with van der Waals surface area (Å²) in [5.41, 5.74) is -0.724. The first kappa shape index (κ1) is 66.5. The van der Waals surface area contributed by atoms with Gasteiger partial charge in [0.15, 0.2) is 0 Å². The van der Waals surface area contributed by atoms with E-state index in [0.717, 1.165) is 0 Å². The van der Waals surface area contributed by atoms with Crippen LogP contribution in [0.4, 0.5) is 0 Å². The minimum atomic E-state index is -3.95. The first-order chi connectivity index (χ1) is 37.3. The molecule has 0 radical (unpaired) electrons. The van der Waals surface area contributed by atoms with Crippen LogP contribution in [0.1, 0.15) is 82.4 Å². The monoisotopic (exact) mass is 1170 g/mol. The molecule has 3 rings (SSSR count). The van der Waals surface area contributed by atoms with Gasteiger partial charge in [-0.05, 0) is 111 Å². The number of rotatable bonds is 39. The van der Waals surface area contributed by atoms with Gasteiger partial charge in [0.1, 0.15) is 6.61 Å². The molecule has 0 fully saturated rings. The van der Waals surface area contributed by atoms with Crippen LogP contribution in [0.15, 0.2) is 87.5 Å². The Labute approximate surface area is 457 Å². The van der Waals surface area contributed by atoms with Crippen LogP contribution in [-0.4, -0.2) is 169 Å². The largest absolute Gasteiger partial charge is 0.481 e. The number of sulfonamides is 3. The summed E-state index contributed by atoms with van der Waals surface area (Å²) in [6.45, 7) is -0.714. The number of Topliss-reactive ketones (excluding diaryl/α,β-unsaturated/α-hetero) is 1. The molecule has 436 valence electrons. The number of nitrogens with one attached hydrogen (secondary N) is 7. The molecule has 79 heavy (non-hydrogen) atoms. The van der Waals surface area contributed by atoms with Gasteiger partial charge in [0, 0.05) is 75.2 Å². The second-order valence-electron chi connectivity index (χ2n) is 17.6. The average Bonchev–Trinajstić information content (AvgIpc) is 3.40. The molecule has 0 aromatic heterocycles. The molecular weight excluding hydrogens is 1100 g/mol. The molecule has 0 aliphatic heterocycles. The molecule has 0 aliphatic rings. The van der Waals surface area contributed by atoms with E-state index in [0.29, 0.717) is 19.3 Å². The molecule has 6 amide bonds. The molecule has 0 aliphatic carbocycles. The van der Waals surface area contributed by atoms with E-state index in [1.54, 1.807) is 0 Å². The Morgan fingerprint density at radius 1 is 0.430 bits per heavy atom. The van der Waals surface area contributed by atoms with E-state index in [2.05, 4.69) is 37.2 Å². The summed E-state index contributed by atoms with van der Waals surface area (Å²) < 4.78 is 86.5. The van der Waals surface area contributed by atoms with Crippen LogP contribution < -0.4 is 52.6 Å². The van der Waals surface area contributed by atoms with Crippen LogP contribution in [0.3, 0.4) is 0 Å². The average molecular weight is 1170 g/mol. The number of carboxylic acid groups (broad SMARTS) is 1. The third-order valence-corrected chi connectivity index (χ3v) is 13.9. The van der Waals surface area contributed by atoms with Gasteiger partial charge in [-0.1, -0.05) is 0 Å². The van der Waals surface area contributed by atoms with Crippen LogP contribution in [0.5, 0.6) is 0 Å². The first-order valence-electron chi connectivity index (χ1n) is 24.6. The maximum atomic E-state index is 12.9. The predicted octanol–water partition coefficient (Wildman–Crippen LogP) is -2.28. The number of benzene rings is 3. The summed E-state index contributed by atoms with van der Waals surface area (Å²) in [5, 5.41) is 43.5. The third kappa shape index (κ3) is 26.6. The van der Waals surface area contributed by atoms with Crippen molar-refractivity contribution in [3.63, 3.8) is 0 Å². The van der Waals surface area contributed by atoms with Crippen LogP contribution in [0, 0.1) is 0 Å². The molecule has 0 saturated heterocycles. The standard InChI is InChI=1S/C48H68N10O18S3/c49-77(68,69)37-13-7-34(8-14-37)44(64)54-23-3-21-52-41(60)19-28-74-31-48(58-27-2-1-6-43(62)63,32-75-29-20-42(61)53-22-4-24-55-45(65)35-9-15-38(16-10-35)78(50,70)71)33-76-30-40(59)47(67)57-26-5-25-56-46(66)36-11-17-39(18-12-36)79(51,72)73/h7-18,58H,1-6,19-33H2,(H,52,60)(H,53,61)(H,54,64)(H,55,65)(H,56,66)(H,57,67)(H,62,63)(H2,49,68,69)(H2,50,70,71)(H2,51,72,73). The predicted molar refractivity (Wildman–Crippen MR) is 282 cm³/mol. The number of carbonyl (C=O) groups is 8. The quantitative estimate of drug-likeness (QED) is 0.0212. The van der Waals surface area contributed by atoms with Crippen molar-refractivity contribution in [2.75, 3.05) is 85.5 Å². The second kappa shape index (κ2) is 33.6. The molecule has 0 heterocycles. The normalized spacial score (nSPS) is 11.7. The summed E-state index contributed by atoms with van der Waals surface area (Å²) >= 11 is 0. The highest BCUT2D eigenvalue weighted by Gasteiger charge is 2.32. The van der Waals surface area contributed by atoms with Crippen LogP contribution in [0.2, 0.25) is 0 Å². The zero-order valence-electron chi connectivity index (χ0n) is 43.1. The number of amides is 6. The lowest BCUT2D eigenvalue weighted by Crippen LogP contribution is -2.57. The van der Waals surface area contributed by atoms with Crippen molar-refractivity contribution >= 4 is 77.3 Å². The summed E-state index contributed by atoms with van der Waals surface area (Å²) in [6.07, 6.45) is 1.19. The fraction of sp³-hybridized carbons (Fsp3) is 0.458. The van der Waals surface area contributed by atoms with Crippen molar-refractivity contribution in [3.05, 3.63) is 89.5 Å². The molecule has 3 aromatic rings. The molecule has 0 spiro atoms. The molecule has 0 saturated carbocycles. The Bertz CT molecular complexity index is 2760. The van der Waals surface area contributed by atoms with E-state index < -0.39 is 89.4 Å². The molecular formula is C48H68N10O18S3. The Balaban J connectivity index is 1.54. The second-order valence-corrected chi connectivity index (χ2v) is 22.3. The van der Waals surface area contributed by atoms with Gasteiger partial charge in [-0.2, -0.15) is 0 Å². The highest BCUT2D eigenvalue weighted by atomic mass is 32.2. The number of ether oxygens (including phenoxy) is 3. The maximum Gasteiger partial charge on any atom is 0.303 e. The van der Waals surface area contributed by atoms with Crippen molar-refractivity contribution in [1.29, 1.82) is 0 Å². The number of unbranched alkanes of at least 4 members (excludes halogenated alkanes) is 1. The topological polar surface area (TPSA) is 449 Å². The number of hydrogen-bond acceptors (Lipinski definition) is 18. The van der Waals surface area contributed by atoms with E-state index in [1.165, 1.54) is 72.8 Å². The summed E-state index contributed by atoms with van der Waals surface area (Å²) in [6, 6.07) is 15.0. The van der Waals surface area contributed by atoms with Crippen molar-refractivity contribution < 1.29 is 82.9 Å². The SMILES string of the molecule is NS(=O)(=O)c1ccc(C(=O)NCCCNC(=O)CCOCC(COCCC(=O)NCCCNC(=O)c2ccc(S(N)(=O)=O)cc2)(COCC(=O)C(=O)NCCCNC(=O)c2ccc(S(N)(=O)=O)cc2)NCCCCC(=O)O)cc1. The lowest BCUT2D eigenvalue weighted by Gasteiger charge is -2.34. The Morgan fingerprint density at radius 3 is 1.13 bits per heavy atom. The van der Waals surface area contributed by atoms with Gasteiger partial charge in [0.2, 0.25) is 47.7 Å². The van der Waals surface area contributed by atoms with Crippen LogP contribution >= 0.6 is 0 Å². The number of ketones is 1. The van der Waals surface area contributed by atoms with Crippen LogP contribution in [0.25, 0.3) is 0 Å². The van der Waals surface area contributed by atoms with Crippen molar-refractivity contribution in [1.82, 2.24) is 37.2 Å². The molecule has 31 heteroatoms. The maximum absolute atomic E-state index is 12.9. The number of carbonyl (C=O) groups excluding carboxylic acids is 7. The molecule has 0 atom stereocenters. The van der Waals surface area contributed by atoms with Crippen molar-refractivity contribution in [3.8, 4) is 0 Å². The molecule has 0 unspecified atom stereocenters. The fourth-order valence-electron chi connectivity index (χ4n) is 6.80. The number of hydrogen-bond donors (Lipinski definition) is 11. The van der Waals surface area contributed by atoms with Gasteiger partial charge in [0.25, 0.3) is 23.6 Å². The smallest absolute Gasteiger partial charge is 0.303 e. The lowest BCUT2D eigenvalue weighted by atomic mass is 10.0. The van der Waals surface area contributed by atoms with Gasteiger partial charge >= 0.3 is 5.97 Å². The Hall–Kier alpha value is -6.81. The van der Waals surface area contributed by atoms with Gasteiger partial charge in [0.05, 0.1) is 53.3 Å². The summed E-state index contributed by atoms with van der Waals surface area (Å²) in [5.74, 6) is -5.20. The minimum absolute atomic E-state index is 0.0166. The molecule has 28 nitrogen and oxygen atoms in total. The van der Waals surface area contributed by atoms with E-state index in [9.17, 15) is 63.6 Å². The highest BCUT2D eigenvalue weighted by Crippen LogP contribution is 2.13. The number of aliphatic carboxylic acids is 1. The Kier molecular flexibility index (Phi) is 28.3. The zero-order valence-corrected chi connectivity index (χ0v) is 45.6. The number of carboxylic acids is 1. The molecule has 3 aromatic carbocycles. The Morgan fingerprint density at radius 2 is 0.772 bits per heavy atom. The van der Waals surface area contributed by atoms with Crippen molar-refractivity contribution in [2.45, 2.75) is 71.6 Å². The molecule has 14 N–H and O–H groups in total. The van der Waals surface area contributed by atoms with E-state index in [-0.39, 0.29) is 142 Å². The van der Waals surface area contributed by atoms with Gasteiger partial charge in [-0.15, -0.1) is 0 Å². The van der Waals surface area contributed by atoms with Crippen molar-refractivity contribution in [2.24, 2.45) is 15.4 Å². The number of primary sulfonamides is 3. The highest BCUT2D eigenvalue weighted by molar-refractivity contribution is 7.89. The lowest BCUT2D eigenvalue weighted by molar-refractivity contribution is -0.141. The zero-order chi connectivity index (χ0) is 58.5. The first-order valence-corrected chi connectivity index (χ1v) is 29.2. The summed E-state index contributed by atoms with van der Waals surface area (Å²) in [7, 11) is -11.8. The molecule has 0 bridgehead atoms. The van der Waals surface area contributed by atoms with Crippen LogP contribution in [-0.2, 0) is 68.3 Å². The van der Waals surface area contributed by atoms with Gasteiger partial charge in [-0.25, -0.2) is 40.7 Å². The van der Waals surface area contributed by atoms with E-state index in [1.807, 2.05) is 0 Å². The third-order valence-electron chi connectivity index (χ3n) is 11.1. The van der Waals surface area contributed by atoms with E-state index >= 15 is 0 Å². The summed E-state index contributed by atoms with van der Waals surface area (Å²) in [4.78, 5) is 99.1. The van der Waals surface area contributed by atoms with Gasteiger partial charge < -0.3 is 56.5 Å². The van der Waals surface area contributed by atoms with E-state index in [4.69, 9.17) is 34.7 Å². The van der Waals surface area contributed by atoms with Gasteiger partial charge in [-0.3, -0.25) is 38.4 Å².